The molecule has 0 aromatic carbocycles. The first-order valence-electron chi connectivity index (χ1n) is 17.9. The molecule has 1 aliphatic heterocycles. The van der Waals surface area contributed by atoms with Crippen molar-refractivity contribution in [2.24, 2.45) is 28.1 Å². The number of likely N-dealkylation sites (tertiary alicyclic amines) is 1. The third-order valence-electron chi connectivity index (χ3n) is 8.32. The third-order valence-corrected chi connectivity index (χ3v) is 8.96. The van der Waals surface area contributed by atoms with E-state index in [9.17, 15) is 43.5 Å². The molecule has 1 heterocycles. The van der Waals surface area contributed by atoms with Gasteiger partial charge >= 0.3 is 0 Å². The van der Waals surface area contributed by atoms with Crippen LogP contribution in [0.5, 0.6) is 0 Å². The minimum atomic E-state index is -1.58. The third kappa shape index (κ3) is 17.0. The molecule has 54 heavy (non-hydrogen) atoms. The molecule has 0 aromatic heterocycles. The Hall–Kier alpha value is -4.66. The lowest BCUT2D eigenvalue weighted by Crippen LogP contribution is -2.61. The van der Waals surface area contributed by atoms with Crippen LogP contribution in [0.4, 0.5) is 0 Å². The average Bonchev–Trinajstić information content (AvgIpc) is 3.58. The summed E-state index contributed by atoms with van der Waals surface area (Å²) in [6.45, 7) is 7.52. The van der Waals surface area contributed by atoms with E-state index in [1.165, 1.54) is 37.4 Å². The second-order valence-corrected chi connectivity index (χ2v) is 14.5. The second kappa shape index (κ2) is 23.9. The molecule has 0 unspecified atom stereocenters. The molecule has 0 aliphatic carbocycles. The van der Waals surface area contributed by atoms with Crippen LogP contribution in [0.15, 0.2) is 4.99 Å². The molecule has 306 valence electrons. The Labute approximate surface area is 320 Å². The molecule has 21 heteroatoms. The van der Waals surface area contributed by atoms with E-state index >= 15 is 0 Å². The molecule has 1 aliphatic rings. The molecule has 13 N–H and O–H groups in total. The van der Waals surface area contributed by atoms with Crippen molar-refractivity contribution in [3.8, 4) is 0 Å². The van der Waals surface area contributed by atoms with Gasteiger partial charge in [0.05, 0.1) is 12.6 Å². The lowest BCUT2D eigenvalue weighted by atomic mass is 10.0. The second-order valence-electron chi connectivity index (χ2n) is 13.6. The fourth-order valence-electron chi connectivity index (χ4n) is 5.64. The van der Waals surface area contributed by atoms with Gasteiger partial charge in [-0.3, -0.25) is 43.3 Å². The molecule has 20 nitrogen and oxygen atoms in total. The van der Waals surface area contributed by atoms with E-state index < -0.39 is 96.2 Å². The van der Waals surface area contributed by atoms with Crippen molar-refractivity contribution in [2.45, 2.75) is 115 Å². The van der Waals surface area contributed by atoms with Crippen molar-refractivity contribution in [2.75, 3.05) is 31.6 Å². The molecular formula is C33H59N11O9S. The maximum atomic E-state index is 13.5. The van der Waals surface area contributed by atoms with Crippen LogP contribution in [0.3, 0.4) is 0 Å². The Balaban J connectivity index is 3.07. The van der Waals surface area contributed by atoms with Gasteiger partial charge in [-0.15, -0.1) is 0 Å². The number of thioether (sulfide) groups is 1. The van der Waals surface area contributed by atoms with Crippen molar-refractivity contribution < 1.29 is 43.5 Å². The predicted octanol–water partition coefficient (Wildman–Crippen LogP) is -3.72. The lowest BCUT2D eigenvalue weighted by molar-refractivity contribution is -0.140. The molecule has 7 atom stereocenters. The number of guanidine groups is 1. The Bertz CT molecular complexity index is 1360. The number of aliphatic hydroxyl groups excluding tert-OH is 1. The SMILES string of the molecule is CSCC[C@H](NC(=O)[C@H](CC(C)C)NC(C)=O)C(=O)N[C@H](C(=O)N[C@@H](CCCN=C(N)N)C(=O)NCC(=O)N[C@@H](C)C(=O)N1CCC[C@H]1C(N)=O)[C@@H](C)O. The van der Waals surface area contributed by atoms with E-state index in [1.54, 1.807) is 6.26 Å². The number of nitrogens with one attached hydrogen (secondary N) is 6. The molecular weight excluding hydrogens is 726 g/mol. The molecule has 1 fully saturated rings. The van der Waals surface area contributed by atoms with E-state index in [1.807, 2.05) is 13.8 Å². The van der Waals surface area contributed by atoms with Crippen LogP contribution in [-0.2, 0) is 38.4 Å². The molecule has 0 bridgehead atoms. The maximum absolute atomic E-state index is 13.5. The molecule has 1 rings (SSSR count). The van der Waals surface area contributed by atoms with Crippen LogP contribution in [-0.4, -0.2) is 137 Å². The highest BCUT2D eigenvalue weighted by molar-refractivity contribution is 7.98. The Morgan fingerprint density at radius 1 is 0.833 bits per heavy atom. The standard InChI is InChI=1S/C33H59N11O9S/c1-17(2)15-23(40-20(5)46)30(51)41-22(11-14-54-6)29(50)43-26(19(4)45)31(52)42-21(9-7-12-37-33(35)36)28(49)38-16-25(47)39-18(3)32(53)44-13-8-10-24(44)27(34)48/h17-19,21-24,26,45H,7-16H2,1-6H3,(H2,34,48)(H,38,49)(H,39,47)(H,40,46)(H,41,51)(H,42,52)(H,43,50)(H4,35,36,37)/t18-,19+,21-,22-,23-,24-,26-/m0/s1. The summed E-state index contributed by atoms with van der Waals surface area (Å²) >= 11 is 1.41. The highest BCUT2D eigenvalue weighted by Crippen LogP contribution is 2.18. The zero-order valence-electron chi connectivity index (χ0n) is 31.9. The van der Waals surface area contributed by atoms with Crippen molar-refractivity contribution in [3.05, 3.63) is 0 Å². The minimum Gasteiger partial charge on any atom is -0.391 e. The number of amides is 8. The number of aliphatic imine (C=N–C) groups is 1. The number of rotatable bonds is 23. The number of carbonyl (C=O) groups excluding carboxylic acids is 8. The van der Waals surface area contributed by atoms with Crippen LogP contribution >= 0.6 is 11.8 Å². The Kier molecular flexibility index (Phi) is 21.0. The zero-order chi connectivity index (χ0) is 41.1. The van der Waals surface area contributed by atoms with E-state index in [0.717, 1.165) is 0 Å². The lowest BCUT2D eigenvalue weighted by Gasteiger charge is -2.28. The number of nitrogens with zero attached hydrogens (tertiary/aromatic N) is 2. The first kappa shape index (κ1) is 47.4. The smallest absolute Gasteiger partial charge is 0.245 e. The minimum absolute atomic E-state index is 0.0262. The van der Waals surface area contributed by atoms with E-state index in [0.29, 0.717) is 31.6 Å². The van der Waals surface area contributed by atoms with Gasteiger partial charge in [0, 0.05) is 20.0 Å². The summed E-state index contributed by atoms with van der Waals surface area (Å²) in [5, 5.41) is 25.6. The van der Waals surface area contributed by atoms with Crippen molar-refractivity contribution in [1.29, 1.82) is 0 Å². The molecule has 0 radical (unpaired) electrons. The summed E-state index contributed by atoms with van der Waals surface area (Å²) in [4.78, 5) is 108. The van der Waals surface area contributed by atoms with Gasteiger partial charge in [0.15, 0.2) is 5.96 Å². The highest BCUT2D eigenvalue weighted by Gasteiger charge is 2.36. The van der Waals surface area contributed by atoms with Gasteiger partial charge in [0.1, 0.15) is 36.3 Å². The van der Waals surface area contributed by atoms with Crippen LogP contribution in [0.25, 0.3) is 0 Å². The van der Waals surface area contributed by atoms with E-state index in [-0.39, 0.29) is 37.7 Å². The topological polar surface area (TPSA) is 323 Å². The number of hydrogen-bond donors (Lipinski definition) is 10. The first-order chi connectivity index (χ1) is 25.3. The fourth-order valence-corrected chi connectivity index (χ4v) is 6.11. The highest BCUT2D eigenvalue weighted by atomic mass is 32.2. The van der Waals surface area contributed by atoms with Crippen LogP contribution in [0, 0.1) is 5.92 Å². The number of hydrogen-bond acceptors (Lipinski definition) is 11. The summed E-state index contributed by atoms with van der Waals surface area (Å²) < 4.78 is 0. The van der Waals surface area contributed by atoms with Gasteiger partial charge in [-0.25, -0.2) is 0 Å². The summed E-state index contributed by atoms with van der Waals surface area (Å²) in [7, 11) is 0. The number of carbonyl (C=O) groups is 8. The van der Waals surface area contributed by atoms with Crippen LogP contribution in [0.1, 0.15) is 73.1 Å². The van der Waals surface area contributed by atoms with Gasteiger partial charge < -0.3 is 59.1 Å². The largest absolute Gasteiger partial charge is 0.391 e. The quantitative estimate of drug-likeness (QED) is 0.0272. The molecule has 8 amide bonds. The number of nitrogens with two attached hydrogens (primary N) is 3. The molecule has 1 saturated heterocycles. The maximum Gasteiger partial charge on any atom is 0.245 e. The number of primary amides is 1. The average molecular weight is 786 g/mol. The molecule has 0 spiro atoms. The van der Waals surface area contributed by atoms with Gasteiger partial charge in [-0.1, -0.05) is 13.8 Å². The predicted molar refractivity (Wildman–Crippen MR) is 202 cm³/mol. The summed E-state index contributed by atoms with van der Waals surface area (Å²) in [6, 6.07) is -6.72. The molecule has 0 aromatic rings. The van der Waals surface area contributed by atoms with E-state index in [4.69, 9.17) is 17.2 Å². The fraction of sp³-hybridized carbons (Fsp3) is 0.727. The van der Waals surface area contributed by atoms with Gasteiger partial charge in [-0.2, -0.15) is 11.8 Å². The van der Waals surface area contributed by atoms with Crippen molar-refractivity contribution >= 4 is 65.0 Å². The van der Waals surface area contributed by atoms with Crippen molar-refractivity contribution in [3.63, 3.8) is 0 Å². The number of aliphatic hydroxyl groups is 1. The van der Waals surface area contributed by atoms with Crippen LogP contribution < -0.4 is 49.1 Å². The normalized spacial score (nSPS) is 17.1. The Morgan fingerprint density at radius 3 is 2.00 bits per heavy atom. The first-order valence-corrected chi connectivity index (χ1v) is 19.3. The Morgan fingerprint density at radius 2 is 1.44 bits per heavy atom. The van der Waals surface area contributed by atoms with E-state index in [2.05, 4.69) is 36.9 Å². The summed E-state index contributed by atoms with van der Waals surface area (Å²) in [6.07, 6.45) is 1.99. The van der Waals surface area contributed by atoms with Gasteiger partial charge in [-0.05, 0) is 70.3 Å². The zero-order valence-corrected chi connectivity index (χ0v) is 32.8. The summed E-state index contributed by atoms with van der Waals surface area (Å²) in [5.41, 5.74) is 16.2. The molecule has 0 saturated carbocycles. The van der Waals surface area contributed by atoms with Gasteiger partial charge in [0.25, 0.3) is 0 Å². The van der Waals surface area contributed by atoms with Crippen LogP contribution in [0.2, 0.25) is 0 Å². The monoisotopic (exact) mass is 785 g/mol. The van der Waals surface area contributed by atoms with Gasteiger partial charge in [0.2, 0.25) is 47.3 Å². The van der Waals surface area contributed by atoms with Crippen molar-refractivity contribution in [1.82, 2.24) is 36.8 Å². The summed E-state index contributed by atoms with van der Waals surface area (Å²) in [5.74, 6) is -5.13.